The minimum atomic E-state index is -0.460. The summed E-state index contributed by atoms with van der Waals surface area (Å²) in [5.74, 6) is -0.460. The highest BCUT2D eigenvalue weighted by atomic mass is 16.5. The highest BCUT2D eigenvalue weighted by Gasteiger charge is 2.11. The number of methoxy groups -OCH3 is 1. The molecule has 0 aliphatic carbocycles. The molecule has 1 aromatic heterocycles. The summed E-state index contributed by atoms with van der Waals surface area (Å²) in [4.78, 5) is 23.7. The summed E-state index contributed by atoms with van der Waals surface area (Å²) in [7, 11) is 1.31. The maximum absolute atomic E-state index is 12.3. The average Bonchev–Trinajstić information content (AvgIpc) is 2.54. The third-order valence-electron chi connectivity index (χ3n) is 3.00. The molecule has 1 heterocycles. The van der Waals surface area contributed by atoms with E-state index in [0.717, 1.165) is 0 Å². The maximum atomic E-state index is 12.3. The first kappa shape index (κ1) is 15.8. The van der Waals surface area contributed by atoms with Crippen LogP contribution in [0.25, 0.3) is 21.9 Å². The van der Waals surface area contributed by atoms with E-state index < -0.39 is 5.97 Å². The lowest BCUT2D eigenvalue weighted by atomic mass is 10.1. The number of ether oxygens (including phenoxy) is 1. The van der Waals surface area contributed by atoms with Crippen molar-refractivity contribution in [2.24, 2.45) is 0 Å². The van der Waals surface area contributed by atoms with Gasteiger partial charge in [-0.05, 0) is 30.3 Å². The highest BCUT2D eigenvalue weighted by molar-refractivity contribution is 5.96. The second kappa shape index (κ2) is 6.89. The summed E-state index contributed by atoms with van der Waals surface area (Å²) in [6.45, 7) is 4.25. The predicted octanol–water partition coefficient (Wildman–Crippen LogP) is 4.15. The van der Waals surface area contributed by atoms with Crippen LogP contribution in [0.4, 0.5) is 0 Å². The quantitative estimate of drug-likeness (QED) is 0.500. The molecule has 0 aliphatic heterocycles. The van der Waals surface area contributed by atoms with Gasteiger partial charge in [-0.2, -0.15) is 0 Å². The average molecular weight is 298 g/mol. The van der Waals surface area contributed by atoms with Crippen molar-refractivity contribution < 1.29 is 13.9 Å². The molecule has 0 N–H and O–H groups in total. The van der Waals surface area contributed by atoms with Crippen molar-refractivity contribution in [1.29, 1.82) is 0 Å². The molecule has 0 aliphatic rings. The van der Waals surface area contributed by atoms with E-state index in [1.54, 1.807) is 36.4 Å². The monoisotopic (exact) mass is 298 g/mol. The summed E-state index contributed by atoms with van der Waals surface area (Å²) >= 11 is 0. The number of hydrogen-bond donors (Lipinski definition) is 0. The molecule has 22 heavy (non-hydrogen) atoms. The third kappa shape index (κ3) is 3.01. The normalized spacial score (nSPS) is 10.1. The van der Waals surface area contributed by atoms with E-state index in [9.17, 15) is 9.59 Å². The molecule has 0 fully saturated rings. The van der Waals surface area contributed by atoms with Crippen molar-refractivity contribution in [1.82, 2.24) is 0 Å². The Hall–Kier alpha value is -2.62. The van der Waals surface area contributed by atoms with Gasteiger partial charge in [0.1, 0.15) is 11.2 Å². The zero-order valence-corrected chi connectivity index (χ0v) is 12.9. The van der Waals surface area contributed by atoms with Gasteiger partial charge in [-0.1, -0.05) is 32.4 Å². The van der Waals surface area contributed by atoms with Crippen LogP contribution in [0, 0.1) is 0 Å². The van der Waals surface area contributed by atoms with Crippen LogP contribution in [0.1, 0.15) is 30.6 Å². The standard InChI is InChI=1S/C15H10O4.C3H8/c1-18-15(17)9-6-7-11-13(8-9)19-12-5-3-2-4-10(12)14(11)16;1-3-2/h2-8H,1H3;3H2,1-2H3. The number of carbonyl (C=O) groups excluding carboxylic acids is 1. The Labute approximate surface area is 128 Å². The molecule has 0 atom stereocenters. The fourth-order valence-corrected chi connectivity index (χ4v) is 2.05. The molecule has 0 radical (unpaired) electrons. The fourth-order valence-electron chi connectivity index (χ4n) is 2.05. The minimum Gasteiger partial charge on any atom is -0.465 e. The molecule has 114 valence electrons. The molecule has 2 aromatic carbocycles. The van der Waals surface area contributed by atoms with E-state index in [4.69, 9.17) is 4.42 Å². The van der Waals surface area contributed by atoms with Crippen molar-refractivity contribution in [3.8, 4) is 0 Å². The van der Waals surface area contributed by atoms with E-state index in [2.05, 4.69) is 18.6 Å². The van der Waals surface area contributed by atoms with E-state index in [1.807, 2.05) is 0 Å². The van der Waals surface area contributed by atoms with Crippen LogP contribution in [0.3, 0.4) is 0 Å². The van der Waals surface area contributed by atoms with Crippen LogP contribution >= 0.6 is 0 Å². The Kier molecular flexibility index (Phi) is 4.94. The third-order valence-corrected chi connectivity index (χ3v) is 3.00. The van der Waals surface area contributed by atoms with E-state index >= 15 is 0 Å². The molecular weight excluding hydrogens is 280 g/mol. The second-order valence-electron chi connectivity index (χ2n) is 4.84. The van der Waals surface area contributed by atoms with Gasteiger partial charge >= 0.3 is 5.97 Å². The smallest absolute Gasteiger partial charge is 0.337 e. The molecule has 0 spiro atoms. The summed E-state index contributed by atoms with van der Waals surface area (Å²) in [5.41, 5.74) is 1.13. The van der Waals surface area contributed by atoms with Gasteiger partial charge in [-0.25, -0.2) is 4.79 Å². The minimum absolute atomic E-state index is 0.103. The summed E-state index contributed by atoms with van der Waals surface area (Å²) in [6, 6.07) is 11.7. The van der Waals surface area contributed by atoms with Gasteiger partial charge in [0.25, 0.3) is 0 Å². The van der Waals surface area contributed by atoms with Crippen molar-refractivity contribution in [3.05, 3.63) is 58.3 Å². The number of hydrogen-bond acceptors (Lipinski definition) is 4. The molecule has 4 heteroatoms. The molecule has 3 rings (SSSR count). The highest BCUT2D eigenvalue weighted by Crippen LogP contribution is 2.19. The largest absolute Gasteiger partial charge is 0.465 e. The molecule has 0 saturated heterocycles. The van der Waals surface area contributed by atoms with Crippen LogP contribution in [0.5, 0.6) is 0 Å². The lowest BCUT2D eigenvalue weighted by molar-refractivity contribution is 0.0601. The van der Waals surface area contributed by atoms with E-state index in [-0.39, 0.29) is 5.43 Å². The molecular formula is C18H18O4. The Morgan fingerprint density at radius 1 is 1.05 bits per heavy atom. The van der Waals surface area contributed by atoms with Crippen LogP contribution in [-0.2, 0) is 4.74 Å². The molecule has 0 unspecified atom stereocenters. The molecule has 0 amide bonds. The number of esters is 1. The fraction of sp³-hybridized carbons (Fsp3) is 0.222. The maximum Gasteiger partial charge on any atom is 0.337 e. The Bertz CT molecular complexity index is 862. The van der Waals surface area contributed by atoms with Gasteiger partial charge < -0.3 is 9.15 Å². The van der Waals surface area contributed by atoms with Crippen LogP contribution in [-0.4, -0.2) is 13.1 Å². The molecule has 4 nitrogen and oxygen atoms in total. The van der Waals surface area contributed by atoms with E-state index in [1.165, 1.54) is 19.6 Å². The summed E-state index contributed by atoms with van der Waals surface area (Å²) in [5, 5.41) is 0.979. The number of carbonyl (C=O) groups is 1. The number of para-hydroxylation sites is 1. The summed E-state index contributed by atoms with van der Waals surface area (Å²) in [6.07, 6.45) is 1.25. The summed E-state index contributed by atoms with van der Waals surface area (Å²) < 4.78 is 10.3. The van der Waals surface area contributed by atoms with Crippen molar-refractivity contribution in [2.45, 2.75) is 20.3 Å². The zero-order valence-electron chi connectivity index (χ0n) is 12.9. The SMILES string of the molecule is CCC.COC(=O)c1ccc2c(=O)c3ccccc3oc2c1. The zero-order chi connectivity index (χ0) is 16.1. The van der Waals surface area contributed by atoms with Gasteiger partial charge in [-0.15, -0.1) is 0 Å². The van der Waals surface area contributed by atoms with E-state index in [0.29, 0.717) is 27.5 Å². The van der Waals surface area contributed by atoms with Crippen molar-refractivity contribution in [3.63, 3.8) is 0 Å². The number of fused-ring (bicyclic) bond motifs is 2. The van der Waals surface area contributed by atoms with Gasteiger partial charge in [0.2, 0.25) is 5.43 Å². The lowest BCUT2D eigenvalue weighted by Gasteiger charge is -2.03. The first-order valence-electron chi connectivity index (χ1n) is 7.16. The lowest BCUT2D eigenvalue weighted by Crippen LogP contribution is -2.05. The first-order valence-corrected chi connectivity index (χ1v) is 7.16. The Morgan fingerprint density at radius 3 is 2.36 bits per heavy atom. The van der Waals surface area contributed by atoms with Crippen molar-refractivity contribution in [2.75, 3.05) is 7.11 Å². The first-order chi connectivity index (χ1) is 10.6. The van der Waals surface area contributed by atoms with Gasteiger partial charge in [0.15, 0.2) is 0 Å². The Balaban J connectivity index is 0.000000545. The number of benzene rings is 2. The van der Waals surface area contributed by atoms with Gasteiger partial charge in [-0.3, -0.25) is 4.79 Å². The predicted molar refractivity (Wildman–Crippen MR) is 87.3 cm³/mol. The van der Waals surface area contributed by atoms with Crippen molar-refractivity contribution >= 4 is 27.9 Å². The van der Waals surface area contributed by atoms with Gasteiger partial charge in [0, 0.05) is 0 Å². The van der Waals surface area contributed by atoms with Gasteiger partial charge in [0.05, 0.1) is 23.4 Å². The Morgan fingerprint density at radius 2 is 1.68 bits per heavy atom. The molecule has 3 aromatic rings. The van der Waals surface area contributed by atoms with Crippen LogP contribution < -0.4 is 5.43 Å². The number of rotatable bonds is 1. The topological polar surface area (TPSA) is 56.5 Å². The second-order valence-corrected chi connectivity index (χ2v) is 4.84. The molecule has 0 saturated carbocycles. The van der Waals surface area contributed by atoms with Crippen LogP contribution in [0.2, 0.25) is 0 Å². The van der Waals surface area contributed by atoms with Crippen LogP contribution in [0.15, 0.2) is 51.7 Å². The molecule has 0 bridgehead atoms.